The van der Waals surface area contributed by atoms with E-state index in [-0.39, 0.29) is 23.5 Å². The summed E-state index contributed by atoms with van der Waals surface area (Å²) in [7, 11) is 0. The summed E-state index contributed by atoms with van der Waals surface area (Å²) in [6, 6.07) is 5.85. The van der Waals surface area contributed by atoms with Crippen LogP contribution in [0.5, 0.6) is 0 Å². The number of carbonyl (C=O) groups excluding carboxylic acids is 2. The van der Waals surface area contributed by atoms with E-state index in [0.29, 0.717) is 44.8 Å². The maximum Gasteiger partial charge on any atom is 0.410 e. The molecule has 2 aliphatic heterocycles. The second-order valence-electron chi connectivity index (χ2n) is 6.50. The van der Waals surface area contributed by atoms with E-state index in [2.05, 4.69) is 12.6 Å². The molecule has 1 aromatic rings. The zero-order valence-corrected chi connectivity index (χ0v) is 15.5. The Morgan fingerprint density at radius 2 is 1.81 bits per heavy atom. The van der Waals surface area contributed by atoms with E-state index in [4.69, 9.17) is 9.47 Å². The van der Waals surface area contributed by atoms with Crippen molar-refractivity contribution in [3.8, 4) is 0 Å². The molecule has 0 aliphatic carbocycles. The predicted molar refractivity (Wildman–Crippen MR) is 98.6 cm³/mol. The van der Waals surface area contributed by atoms with Crippen LogP contribution in [0.15, 0.2) is 24.3 Å². The van der Waals surface area contributed by atoms with Gasteiger partial charge in [-0.2, -0.15) is 12.6 Å². The molecule has 0 saturated carbocycles. The molecule has 0 spiro atoms. The molecule has 0 unspecified atom stereocenters. The molecule has 2 amide bonds. The summed E-state index contributed by atoms with van der Waals surface area (Å²) in [5, 5.41) is 10.7. The van der Waals surface area contributed by atoms with Crippen molar-refractivity contribution in [1.29, 1.82) is 0 Å². The van der Waals surface area contributed by atoms with Crippen molar-refractivity contribution >= 4 is 30.3 Å². The summed E-state index contributed by atoms with van der Waals surface area (Å²) in [6.07, 6.45) is -0.291. The number of ether oxygens (including phenoxy) is 2. The van der Waals surface area contributed by atoms with Gasteiger partial charge in [0.15, 0.2) is 0 Å². The Kier molecular flexibility index (Phi) is 6.17. The van der Waals surface area contributed by atoms with Gasteiger partial charge < -0.3 is 19.3 Å². The monoisotopic (exact) mass is 395 g/mol. The lowest BCUT2D eigenvalue weighted by Crippen LogP contribution is -2.52. The van der Waals surface area contributed by atoms with Crippen molar-refractivity contribution in [2.24, 2.45) is 0 Å². The number of nitro groups is 1. The van der Waals surface area contributed by atoms with Gasteiger partial charge in [0.1, 0.15) is 12.7 Å². The van der Waals surface area contributed by atoms with Gasteiger partial charge in [-0.3, -0.25) is 14.9 Å². The maximum atomic E-state index is 12.4. The van der Waals surface area contributed by atoms with Crippen LogP contribution in [0.1, 0.15) is 12.0 Å². The zero-order valence-electron chi connectivity index (χ0n) is 14.7. The van der Waals surface area contributed by atoms with E-state index in [1.54, 1.807) is 21.9 Å². The zero-order chi connectivity index (χ0) is 19.4. The van der Waals surface area contributed by atoms with Crippen molar-refractivity contribution in [3.63, 3.8) is 0 Å². The Morgan fingerprint density at radius 1 is 1.19 bits per heavy atom. The molecular formula is C17H21N3O6S. The summed E-state index contributed by atoms with van der Waals surface area (Å²) in [5.74, 6) is -0.0505. The molecule has 0 N–H and O–H groups in total. The van der Waals surface area contributed by atoms with E-state index in [9.17, 15) is 19.7 Å². The largest absolute Gasteiger partial charge is 0.445 e. The second-order valence-corrected chi connectivity index (χ2v) is 7.23. The molecule has 2 saturated heterocycles. The van der Waals surface area contributed by atoms with Crippen molar-refractivity contribution in [1.82, 2.24) is 9.80 Å². The number of rotatable bonds is 4. The fraction of sp³-hybridized carbons (Fsp3) is 0.529. The van der Waals surface area contributed by atoms with Gasteiger partial charge in [0.05, 0.1) is 11.5 Å². The molecule has 0 aromatic heterocycles. The Bertz CT molecular complexity index is 705. The molecule has 3 rings (SSSR count). The van der Waals surface area contributed by atoms with Crippen LogP contribution in [-0.4, -0.2) is 70.9 Å². The van der Waals surface area contributed by atoms with Gasteiger partial charge in [-0.05, 0) is 24.1 Å². The summed E-state index contributed by atoms with van der Waals surface area (Å²) in [5.41, 5.74) is 0.656. The van der Waals surface area contributed by atoms with E-state index in [0.717, 1.165) is 0 Å². The van der Waals surface area contributed by atoms with Crippen LogP contribution < -0.4 is 0 Å². The van der Waals surface area contributed by atoms with Crippen LogP contribution in [-0.2, 0) is 20.9 Å². The minimum Gasteiger partial charge on any atom is -0.445 e. The summed E-state index contributed by atoms with van der Waals surface area (Å²) < 4.78 is 10.7. The number of hydrogen-bond acceptors (Lipinski definition) is 7. The average molecular weight is 395 g/mol. The third-order valence-electron chi connectivity index (χ3n) is 4.61. The van der Waals surface area contributed by atoms with Crippen LogP contribution in [0.4, 0.5) is 10.5 Å². The number of nitrogens with zero attached hydrogens (tertiary/aromatic N) is 3. The molecular weight excluding hydrogens is 374 g/mol. The first-order valence-electron chi connectivity index (χ1n) is 8.67. The standard InChI is InChI=1S/C17H21N3O6S/c21-16(15-9-14(27)11-25-15)18-5-7-19(8-6-18)17(22)26-10-12-1-3-13(4-2-12)20(23)24/h1-4,14-15,27H,5-11H2/t14-,15-/m1/s1. The molecule has 2 aliphatic rings. The third kappa shape index (κ3) is 4.89. The van der Waals surface area contributed by atoms with Gasteiger partial charge in [0, 0.05) is 43.6 Å². The molecule has 146 valence electrons. The van der Waals surface area contributed by atoms with Crippen molar-refractivity contribution < 1.29 is 24.0 Å². The minimum absolute atomic E-state index is 0.0126. The Morgan fingerprint density at radius 3 is 2.37 bits per heavy atom. The molecule has 0 bridgehead atoms. The normalized spacial score (nSPS) is 22.6. The number of carbonyl (C=O) groups is 2. The van der Waals surface area contributed by atoms with Crippen LogP contribution in [0.3, 0.4) is 0 Å². The number of benzene rings is 1. The molecule has 10 heteroatoms. The van der Waals surface area contributed by atoms with Crippen LogP contribution in [0.25, 0.3) is 0 Å². The van der Waals surface area contributed by atoms with E-state index in [1.807, 2.05) is 0 Å². The second kappa shape index (κ2) is 8.57. The Labute approximate surface area is 161 Å². The third-order valence-corrected chi connectivity index (χ3v) is 4.97. The summed E-state index contributed by atoms with van der Waals surface area (Å²) in [4.78, 5) is 38.0. The van der Waals surface area contributed by atoms with Crippen molar-refractivity contribution in [2.75, 3.05) is 32.8 Å². The van der Waals surface area contributed by atoms with Gasteiger partial charge in [-0.25, -0.2) is 4.79 Å². The lowest BCUT2D eigenvalue weighted by atomic mass is 10.2. The van der Waals surface area contributed by atoms with Crippen molar-refractivity contribution in [3.05, 3.63) is 39.9 Å². The predicted octanol–water partition coefficient (Wildman–Crippen LogP) is 1.46. The van der Waals surface area contributed by atoms with Gasteiger partial charge in [0.2, 0.25) is 0 Å². The summed E-state index contributed by atoms with van der Waals surface area (Å²) >= 11 is 4.32. The topological polar surface area (TPSA) is 102 Å². The van der Waals surface area contributed by atoms with Gasteiger partial charge in [-0.15, -0.1) is 0 Å². The Hall–Kier alpha value is -2.33. The highest BCUT2D eigenvalue weighted by molar-refractivity contribution is 7.81. The van der Waals surface area contributed by atoms with Crippen LogP contribution in [0, 0.1) is 10.1 Å². The number of amides is 2. The first kappa shape index (κ1) is 19.4. The molecule has 9 nitrogen and oxygen atoms in total. The van der Waals surface area contributed by atoms with Crippen LogP contribution in [0.2, 0.25) is 0 Å². The number of nitro benzene ring substituents is 1. The lowest BCUT2D eigenvalue weighted by molar-refractivity contribution is -0.384. The number of thiol groups is 1. The molecule has 2 atom stereocenters. The smallest absolute Gasteiger partial charge is 0.410 e. The quantitative estimate of drug-likeness (QED) is 0.470. The first-order chi connectivity index (χ1) is 12.9. The highest BCUT2D eigenvalue weighted by atomic mass is 32.1. The highest BCUT2D eigenvalue weighted by Crippen LogP contribution is 2.20. The maximum absolute atomic E-state index is 12.4. The van der Waals surface area contributed by atoms with Crippen LogP contribution >= 0.6 is 12.6 Å². The molecule has 2 fully saturated rings. The molecule has 2 heterocycles. The number of non-ortho nitro benzene ring substituents is 1. The summed E-state index contributed by atoms with van der Waals surface area (Å²) in [6.45, 7) is 2.17. The van der Waals surface area contributed by atoms with E-state index >= 15 is 0 Å². The average Bonchev–Trinajstić information content (AvgIpc) is 3.12. The number of hydrogen-bond donors (Lipinski definition) is 1. The minimum atomic E-state index is -0.483. The molecule has 1 aromatic carbocycles. The Balaban J connectivity index is 1.43. The van der Waals surface area contributed by atoms with Crippen molar-refractivity contribution in [2.45, 2.75) is 24.4 Å². The SMILES string of the molecule is O=C(OCc1ccc([N+](=O)[O-])cc1)N1CCN(C(=O)[C@H]2C[C@@H](S)CO2)CC1. The molecule has 27 heavy (non-hydrogen) atoms. The highest BCUT2D eigenvalue weighted by Gasteiger charge is 2.34. The van der Waals surface area contributed by atoms with E-state index in [1.165, 1.54) is 12.1 Å². The number of piperazine rings is 1. The lowest BCUT2D eigenvalue weighted by Gasteiger charge is -2.35. The fourth-order valence-electron chi connectivity index (χ4n) is 3.05. The van der Waals surface area contributed by atoms with Gasteiger partial charge >= 0.3 is 6.09 Å². The van der Waals surface area contributed by atoms with Gasteiger partial charge in [0.25, 0.3) is 11.6 Å². The molecule has 0 radical (unpaired) electrons. The first-order valence-corrected chi connectivity index (χ1v) is 9.19. The van der Waals surface area contributed by atoms with E-state index < -0.39 is 17.1 Å². The van der Waals surface area contributed by atoms with Gasteiger partial charge in [-0.1, -0.05) is 0 Å². The fourth-order valence-corrected chi connectivity index (χ4v) is 3.32.